The van der Waals surface area contributed by atoms with Gasteiger partial charge in [-0.1, -0.05) is 35.9 Å². The third-order valence-corrected chi connectivity index (χ3v) is 3.95. The Labute approximate surface area is 151 Å². The minimum atomic E-state index is -0.272. The molecule has 0 saturated heterocycles. The second-order valence-corrected chi connectivity index (χ2v) is 5.99. The van der Waals surface area contributed by atoms with E-state index in [9.17, 15) is 4.39 Å². The molecule has 0 atom stereocenters. The molecule has 3 rings (SSSR count). The molecule has 1 aromatic heterocycles. The summed E-state index contributed by atoms with van der Waals surface area (Å²) in [5.41, 5.74) is 2.39. The maximum absolute atomic E-state index is 13.7. The number of hydrogen-bond acceptors (Lipinski definition) is 3. The molecule has 3 aromatic rings. The lowest BCUT2D eigenvalue weighted by Gasteiger charge is -2.13. The Morgan fingerprint density at radius 2 is 1.80 bits per heavy atom. The molecular weight excluding hydrogens is 339 g/mol. The largest absolute Gasteiger partial charge is 0.488 e. The van der Waals surface area contributed by atoms with Gasteiger partial charge in [-0.15, -0.1) is 0 Å². The Bertz CT molecular complexity index is 827. The molecule has 0 radical (unpaired) electrons. The summed E-state index contributed by atoms with van der Waals surface area (Å²) in [6.45, 7) is 1.38. The summed E-state index contributed by atoms with van der Waals surface area (Å²) < 4.78 is 19.5. The van der Waals surface area contributed by atoms with Crippen molar-refractivity contribution in [2.24, 2.45) is 0 Å². The van der Waals surface area contributed by atoms with Gasteiger partial charge in [-0.25, -0.2) is 4.39 Å². The van der Waals surface area contributed by atoms with Gasteiger partial charge in [-0.3, -0.25) is 4.98 Å². The SMILES string of the molecule is Fc1ccccc1COc1ccc(Cl)cc1CNCc1ccccn1. The van der Waals surface area contributed by atoms with Crippen molar-refractivity contribution >= 4 is 11.6 Å². The highest BCUT2D eigenvalue weighted by molar-refractivity contribution is 6.30. The lowest BCUT2D eigenvalue weighted by molar-refractivity contribution is 0.296. The van der Waals surface area contributed by atoms with Gasteiger partial charge in [-0.2, -0.15) is 0 Å². The van der Waals surface area contributed by atoms with Crippen LogP contribution >= 0.6 is 11.6 Å². The molecule has 0 amide bonds. The lowest BCUT2D eigenvalue weighted by atomic mass is 10.2. The van der Waals surface area contributed by atoms with Crippen LogP contribution in [0.1, 0.15) is 16.8 Å². The van der Waals surface area contributed by atoms with Crippen LogP contribution in [0.4, 0.5) is 4.39 Å². The molecule has 3 nitrogen and oxygen atoms in total. The van der Waals surface area contributed by atoms with Gasteiger partial charge in [0.25, 0.3) is 0 Å². The molecule has 1 N–H and O–H groups in total. The molecule has 1 heterocycles. The predicted octanol–water partition coefficient (Wildman–Crippen LogP) is 4.74. The van der Waals surface area contributed by atoms with Gasteiger partial charge < -0.3 is 10.1 Å². The number of aromatic nitrogens is 1. The van der Waals surface area contributed by atoms with Crippen LogP contribution in [0.15, 0.2) is 66.9 Å². The normalized spacial score (nSPS) is 10.6. The number of benzene rings is 2. The lowest BCUT2D eigenvalue weighted by Crippen LogP contribution is -2.14. The summed E-state index contributed by atoms with van der Waals surface area (Å²) >= 11 is 6.10. The van der Waals surface area contributed by atoms with E-state index in [-0.39, 0.29) is 12.4 Å². The number of nitrogens with zero attached hydrogens (tertiary/aromatic N) is 1. The van der Waals surface area contributed by atoms with E-state index in [4.69, 9.17) is 16.3 Å². The first-order chi connectivity index (χ1) is 12.2. The van der Waals surface area contributed by atoms with Crippen molar-refractivity contribution in [2.75, 3.05) is 0 Å². The van der Waals surface area contributed by atoms with E-state index in [0.29, 0.717) is 29.4 Å². The topological polar surface area (TPSA) is 34.1 Å². The van der Waals surface area contributed by atoms with E-state index in [1.807, 2.05) is 24.3 Å². The summed E-state index contributed by atoms with van der Waals surface area (Å²) in [7, 11) is 0. The molecule has 0 spiro atoms. The summed E-state index contributed by atoms with van der Waals surface area (Å²) in [4.78, 5) is 4.27. The van der Waals surface area contributed by atoms with Gasteiger partial charge in [0.05, 0.1) is 5.69 Å². The molecule has 25 heavy (non-hydrogen) atoms. The van der Waals surface area contributed by atoms with Gasteiger partial charge in [0, 0.05) is 35.4 Å². The maximum Gasteiger partial charge on any atom is 0.129 e. The van der Waals surface area contributed by atoms with Crippen molar-refractivity contribution in [3.05, 3.63) is 94.5 Å². The molecular formula is C20H18ClFN2O. The Kier molecular flexibility index (Phi) is 5.99. The van der Waals surface area contributed by atoms with Crippen LogP contribution in [0.25, 0.3) is 0 Å². The zero-order chi connectivity index (χ0) is 17.5. The van der Waals surface area contributed by atoms with Crippen LogP contribution in [-0.4, -0.2) is 4.98 Å². The Morgan fingerprint density at radius 1 is 0.960 bits per heavy atom. The summed E-state index contributed by atoms with van der Waals surface area (Å²) in [5, 5.41) is 3.95. The monoisotopic (exact) mass is 356 g/mol. The number of pyridine rings is 1. The minimum absolute atomic E-state index is 0.168. The van der Waals surface area contributed by atoms with Crippen LogP contribution in [0.3, 0.4) is 0 Å². The number of ether oxygens (including phenoxy) is 1. The first-order valence-electron chi connectivity index (χ1n) is 7.97. The van der Waals surface area contributed by atoms with Crippen molar-refractivity contribution in [3.8, 4) is 5.75 Å². The second kappa shape index (κ2) is 8.60. The highest BCUT2D eigenvalue weighted by Crippen LogP contribution is 2.24. The molecule has 0 fully saturated rings. The van der Waals surface area contributed by atoms with Crippen LogP contribution < -0.4 is 10.1 Å². The van der Waals surface area contributed by atoms with Crippen molar-refractivity contribution in [3.63, 3.8) is 0 Å². The fraction of sp³-hybridized carbons (Fsp3) is 0.150. The van der Waals surface area contributed by atoms with E-state index in [0.717, 1.165) is 11.3 Å². The second-order valence-electron chi connectivity index (χ2n) is 5.56. The van der Waals surface area contributed by atoms with Crippen LogP contribution in [0.5, 0.6) is 5.75 Å². The van der Waals surface area contributed by atoms with Gasteiger partial charge >= 0.3 is 0 Å². The third kappa shape index (κ3) is 5.02. The van der Waals surface area contributed by atoms with Crippen molar-refractivity contribution < 1.29 is 9.13 Å². The smallest absolute Gasteiger partial charge is 0.129 e. The zero-order valence-electron chi connectivity index (χ0n) is 13.6. The minimum Gasteiger partial charge on any atom is -0.488 e. The molecule has 0 aliphatic heterocycles. The molecule has 0 unspecified atom stereocenters. The summed E-state index contributed by atoms with van der Waals surface area (Å²) in [6, 6.07) is 17.8. The fourth-order valence-electron chi connectivity index (χ4n) is 2.43. The Balaban J connectivity index is 1.64. The maximum atomic E-state index is 13.7. The molecule has 0 saturated carbocycles. The predicted molar refractivity (Wildman–Crippen MR) is 97.0 cm³/mol. The van der Waals surface area contributed by atoms with Crippen LogP contribution in [0, 0.1) is 5.82 Å². The van der Waals surface area contributed by atoms with E-state index in [2.05, 4.69) is 10.3 Å². The van der Waals surface area contributed by atoms with Gasteiger partial charge in [-0.05, 0) is 36.4 Å². The first kappa shape index (κ1) is 17.4. The van der Waals surface area contributed by atoms with E-state index in [1.54, 1.807) is 36.5 Å². The van der Waals surface area contributed by atoms with E-state index in [1.165, 1.54) is 6.07 Å². The van der Waals surface area contributed by atoms with Gasteiger partial charge in [0.1, 0.15) is 18.2 Å². The molecule has 0 bridgehead atoms. The average molecular weight is 357 g/mol. The van der Waals surface area contributed by atoms with Gasteiger partial charge in [0.2, 0.25) is 0 Å². The average Bonchev–Trinajstić information content (AvgIpc) is 2.63. The molecule has 128 valence electrons. The van der Waals surface area contributed by atoms with Gasteiger partial charge in [0.15, 0.2) is 0 Å². The molecule has 0 aliphatic carbocycles. The molecule has 5 heteroatoms. The summed E-state index contributed by atoms with van der Waals surface area (Å²) in [6.07, 6.45) is 1.76. The van der Waals surface area contributed by atoms with Crippen LogP contribution in [-0.2, 0) is 19.7 Å². The quantitative estimate of drug-likeness (QED) is 0.663. The van der Waals surface area contributed by atoms with E-state index >= 15 is 0 Å². The number of hydrogen-bond donors (Lipinski definition) is 1. The first-order valence-corrected chi connectivity index (χ1v) is 8.35. The van der Waals surface area contributed by atoms with E-state index < -0.39 is 0 Å². The highest BCUT2D eigenvalue weighted by Gasteiger charge is 2.07. The number of rotatable bonds is 7. The Morgan fingerprint density at radius 3 is 2.60 bits per heavy atom. The number of nitrogens with one attached hydrogen (secondary N) is 1. The van der Waals surface area contributed by atoms with Crippen molar-refractivity contribution in [1.29, 1.82) is 0 Å². The van der Waals surface area contributed by atoms with Crippen LogP contribution in [0.2, 0.25) is 5.02 Å². The fourth-order valence-corrected chi connectivity index (χ4v) is 2.62. The Hall–Kier alpha value is -2.43. The standard InChI is InChI=1S/C20H18ClFN2O/c21-17-8-9-20(25-14-15-5-1-2-7-19(15)22)16(11-17)12-23-13-18-6-3-4-10-24-18/h1-11,23H,12-14H2. The third-order valence-electron chi connectivity index (χ3n) is 3.71. The van der Waals surface area contributed by atoms with Crippen molar-refractivity contribution in [2.45, 2.75) is 19.7 Å². The highest BCUT2D eigenvalue weighted by atomic mass is 35.5. The molecule has 0 aliphatic rings. The zero-order valence-corrected chi connectivity index (χ0v) is 14.3. The summed E-state index contributed by atoms with van der Waals surface area (Å²) in [5.74, 6) is 0.410. The van der Waals surface area contributed by atoms with Crippen molar-refractivity contribution in [1.82, 2.24) is 10.3 Å². The molecule has 2 aromatic carbocycles. The number of halogens is 2.